The summed E-state index contributed by atoms with van der Waals surface area (Å²) in [6.07, 6.45) is 2.67. The van der Waals surface area contributed by atoms with Gasteiger partial charge in [-0.1, -0.05) is 0 Å². The summed E-state index contributed by atoms with van der Waals surface area (Å²) in [5.74, 6) is 0. The monoisotopic (exact) mass is 206 g/mol. The van der Waals surface area contributed by atoms with Crippen molar-refractivity contribution < 1.29 is 0 Å². The van der Waals surface area contributed by atoms with Crippen molar-refractivity contribution in [2.24, 2.45) is 0 Å². The molecule has 0 saturated heterocycles. The molecule has 2 aromatic heterocycles. The summed E-state index contributed by atoms with van der Waals surface area (Å²) >= 11 is 3.61. The van der Waals surface area contributed by atoms with Crippen LogP contribution in [0.4, 0.5) is 0 Å². The maximum absolute atomic E-state index is 2.30. The average molecular weight is 206 g/mol. The Labute approximate surface area is 85.9 Å². The maximum Gasteiger partial charge on any atom is 0.0220 e. The molecule has 1 fully saturated rings. The molecule has 66 valence electrons. The highest BCUT2D eigenvalue weighted by atomic mass is 32.1. The van der Waals surface area contributed by atoms with Gasteiger partial charge in [-0.25, -0.2) is 0 Å². The SMILES string of the molecule is c1cc(C2(c3ccsc3)CC2)cs1. The van der Waals surface area contributed by atoms with Gasteiger partial charge in [-0.3, -0.25) is 0 Å². The summed E-state index contributed by atoms with van der Waals surface area (Å²) < 4.78 is 0. The van der Waals surface area contributed by atoms with Crippen LogP contribution in [-0.2, 0) is 5.41 Å². The Balaban J connectivity index is 2.08. The minimum absolute atomic E-state index is 0.417. The van der Waals surface area contributed by atoms with Crippen LogP contribution >= 0.6 is 22.7 Å². The first-order chi connectivity index (χ1) is 6.42. The van der Waals surface area contributed by atoms with Gasteiger partial charge < -0.3 is 0 Å². The Kier molecular flexibility index (Phi) is 1.61. The van der Waals surface area contributed by atoms with Crippen LogP contribution in [-0.4, -0.2) is 0 Å². The van der Waals surface area contributed by atoms with Crippen molar-refractivity contribution in [1.29, 1.82) is 0 Å². The van der Waals surface area contributed by atoms with E-state index in [1.165, 1.54) is 24.0 Å². The van der Waals surface area contributed by atoms with Crippen LogP contribution in [0.3, 0.4) is 0 Å². The van der Waals surface area contributed by atoms with E-state index in [0.717, 1.165) is 0 Å². The third kappa shape index (κ3) is 1.09. The molecule has 0 amide bonds. The van der Waals surface area contributed by atoms with Gasteiger partial charge >= 0.3 is 0 Å². The zero-order chi connectivity index (χ0) is 8.73. The van der Waals surface area contributed by atoms with Crippen molar-refractivity contribution in [3.05, 3.63) is 44.8 Å². The van der Waals surface area contributed by atoms with Gasteiger partial charge in [-0.2, -0.15) is 22.7 Å². The van der Waals surface area contributed by atoms with Crippen molar-refractivity contribution in [2.75, 3.05) is 0 Å². The Morgan fingerprint density at radius 3 is 1.77 bits per heavy atom. The van der Waals surface area contributed by atoms with Gasteiger partial charge in [-0.05, 0) is 57.6 Å². The lowest BCUT2D eigenvalue weighted by atomic mass is 9.92. The fourth-order valence-corrected chi connectivity index (χ4v) is 3.45. The first-order valence-corrected chi connectivity index (χ1v) is 6.36. The molecule has 3 rings (SSSR count). The van der Waals surface area contributed by atoms with Crippen LogP contribution < -0.4 is 0 Å². The molecule has 2 aromatic rings. The van der Waals surface area contributed by atoms with Gasteiger partial charge in [0.25, 0.3) is 0 Å². The summed E-state index contributed by atoms with van der Waals surface area (Å²) in [4.78, 5) is 0. The van der Waals surface area contributed by atoms with E-state index in [0.29, 0.717) is 5.41 Å². The highest BCUT2D eigenvalue weighted by Crippen LogP contribution is 2.54. The van der Waals surface area contributed by atoms with E-state index < -0.39 is 0 Å². The number of rotatable bonds is 2. The molecule has 0 aromatic carbocycles. The molecule has 1 aliphatic rings. The molecule has 0 bridgehead atoms. The van der Waals surface area contributed by atoms with Crippen LogP contribution in [0, 0.1) is 0 Å². The van der Waals surface area contributed by atoms with Gasteiger partial charge in [-0.15, -0.1) is 0 Å². The topological polar surface area (TPSA) is 0 Å². The summed E-state index contributed by atoms with van der Waals surface area (Å²) in [5.41, 5.74) is 3.46. The lowest BCUT2D eigenvalue weighted by Gasteiger charge is -2.10. The Hall–Kier alpha value is -0.600. The minimum Gasteiger partial charge on any atom is -0.152 e. The molecule has 0 nitrogen and oxygen atoms in total. The predicted octanol–water partition coefficient (Wildman–Crippen LogP) is 3.89. The van der Waals surface area contributed by atoms with E-state index in [2.05, 4.69) is 33.7 Å². The van der Waals surface area contributed by atoms with Crippen molar-refractivity contribution in [3.63, 3.8) is 0 Å². The van der Waals surface area contributed by atoms with Crippen molar-refractivity contribution in [3.8, 4) is 0 Å². The van der Waals surface area contributed by atoms with E-state index >= 15 is 0 Å². The lowest BCUT2D eigenvalue weighted by molar-refractivity contribution is 0.859. The van der Waals surface area contributed by atoms with Crippen molar-refractivity contribution >= 4 is 22.7 Å². The second kappa shape index (κ2) is 2.69. The third-order valence-electron chi connectivity index (χ3n) is 2.90. The van der Waals surface area contributed by atoms with Crippen LogP contribution in [0.2, 0.25) is 0 Å². The van der Waals surface area contributed by atoms with Crippen LogP contribution in [0.5, 0.6) is 0 Å². The molecule has 1 saturated carbocycles. The summed E-state index contributed by atoms with van der Waals surface area (Å²) in [5, 5.41) is 8.96. The maximum atomic E-state index is 2.30. The minimum atomic E-state index is 0.417. The zero-order valence-electron chi connectivity index (χ0n) is 7.19. The van der Waals surface area contributed by atoms with Crippen LogP contribution in [0.1, 0.15) is 24.0 Å². The molecule has 1 aliphatic carbocycles. The standard InChI is InChI=1S/C11H10S2/c1-5-12-7-9(1)11(3-4-11)10-2-6-13-8-10/h1-2,5-8H,3-4H2. The summed E-state index contributed by atoms with van der Waals surface area (Å²) in [7, 11) is 0. The molecule has 0 atom stereocenters. The molecule has 2 heterocycles. The van der Waals surface area contributed by atoms with Crippen molar-refractivity contribution in [2.45, 2.75) is 18.3 Å². The van der Waals surface area contributed by atoms with Crippen molar-refractivity contribution in [1.82, 2.24) is 0 Å². The molecule has 0 unspecified atom stereocenters. The van der Waals surface area contributed by atoms with E-state index in [4.69, 9.17) is 0 Å². The second-order valence-corrected chi connectivity index (χ2v) is 5.17. The zero-order valence-corrected chi connectivity index (χ0v) is 8.83. The smallest absolute Gasteiger partial charge is 0.0220 e. The van der Waals surface area contributed by atoms with E-state index in [9.17, 15) is 0 Å². The molecule has 2 heteroatoms. The second-order valence-electron chi connectivity index (χ2n) is 3.61. The fourth-order valence-electron chi connectivity index (χ4n) is 1.94. The number of hydrogen-bond donors (Lipinski definition) is 0. The first-order valence-electron chi connectivity index (χ1n) is 4.47. The number of thiophene rings is 2. The van der Waals surface area contributed by atoms with Gasteiger partial charge in [0.1, 0.15) is 0 Å². The summed E-state index contributed by atoms with van der Waals surface area (Å²) in [6, 6.07) is 4.55. The van der Waals surface area contributed by atoms with Gasteiger partial charge in [0.15, 0.2) is 0 Å². The molecule has 13 heavy (non-hydrogen) atoms. The fraction of sp³-hybridized carbons (Fsp3) is 0.273. The van der Waals surface area contributed by atoms with Crippen LogP contribution in [0.15, 0.2) is 33.7 Å². The molecule has 0 radical (unpaired) electrons. The van der Waals surface area contributed by atoms with E-state index in [-0.39, 0.29) is 0 Å². The van der Waals surface area contributed by atoms with Gasteiger partial charge in [0, 0.05) is 5.41 Å². The number of hydrogen-bond acceptors (Lipinski definition) is 2. The first kappa shape index (κ1) is 7.77. The van der Waals surface area contributed by atoms with Crippen LogP contribution in [0.25, 0.3) is 0 Å². The molecule has 0 spiro atoms. The highest BCUT2D eigenvalue weighted by molar-refractivity contribution is 7.08. The largest absolute Gasteiger partial charge is 0.152 e. The van der Waals surface area contributed by atoms with E-state index in [1.807, 2.05) is 22.7 Å². The quantitative estimate of drug-likeness (QED) is 0.699. The Bertz CT molecular complexity index is 343. The molecular weight excluding hydrogens is 196 g/mol. The summed E-state index contributed by atoms with van der Waals surface area (Å²) in [6.45, 7) is 0. The predicted molar refractivity (Wildman–Crippen MR) is 58.7 cm³/mol. The molecular formula is C11H10S2. The Morgan fingerprint density at radius 2 is 1.46 bits per heavy atom. The lowest BCUT2D eigenvalue weighted by Crippen LogP contribution is -2.04. The highest BCUT2D eigenvalue weighted by Gasteiger charge is 2.46. The van der Waals surface area contributed by atoms with Gasteiger partial charge in [0.2, 0.25) is 0 Å². The third-order valence-corrected chi connectivity index (χ3v) is 4.26. The van der Waals surface area contributed by atoms with Gasteiger partial charge in [0.05, 0.1) is 0 Å². The average Bonchev–Trinajstić information content (AvgIpc) is 2.68. The molecule has 0 N–H and O–H groups in total. The Morgan fingerprint density at radius 1 is 0.923 bits per heavy atom. The van der Waals surface area contributed by atoms with E-state index in [1.54, 1.807) is 0 Å². The molecule has 0 aliphatic heterocycles. The normalized spacial score (nSPS) is 18.8.